The van der Waals surface area contributed by atoms with Crippen LogP contribution in [0.25, 0.3) is 0 Å². The van der Waals surface area contributed by atoms with E-state index in [1.54, 1.807) is 13.0 Å². The molecule has 2 N–H and O–H groups in total. The highest BCUT2D eigenvalue weighted by Gasteiger charge is 2.19. The van der Waals surface area contributed by atoms with Gasteiger partial charge in [-0.05, 0) is 36.6 Å². The van der Waals surface area contributed by atoms with Crippen LogP contribution in [0, 0.1) is 24.0 Å². The van der Waals surface area contributed by atoms with E-state index in [1.165, 1.54) is 0 Å². The van der Waals surface area contributed by atoms with Crippen LogP contribution in [0.1, 0.15) is 28.3 Å². The highest BCUT2D eigenvalue weighted by atomic mass is 79.9. The van der Waals surface area contributed by atoms with Crippen LogP contribution in [-0.4, -0.2) is 4.92 Å². The number of nitro groups is 1. The highest BCUT2D eigenvalue weighted by Crippen LogP contribution is 2.31. The first kappa shape index (κ1) is 14.7. The van der Waals surface area contributed by atoms with Crippen molar-refractivity contribution in [1.82, 2.24) is 0 Å². The average Bonchev–Trinajstić information content (AvgIpc) is 2.41. The number of hydrogen-bond acceptors (Lipinski definition) is 3. The van der Waals surface area contributed by atoms with Gasteiger partial charge in [0.15, 0.2) is 0 Å². The number of nitrogens with two attached hydrogens (primary N) is 1. The Morgan fingerprint density at radius 2 is 1.90 bits per heavy atom. The van der Waals surface area contributed by atoms with Crippen molar-refractivity contribution in [1.29, 1.82) is 0 Å². The van der Waals surface area contributed by atoms with Gasteiger partial charge in [-0.25, -0.2) is 0 Å². The summed E-state index contributed by atoms with van der Waals surface area (Å²) >= 11 is 3.46. The molecule has 0 fully saturated rings. The quantitative estimate of drug-likeness (QED) is 0.680. The van der Waals surface area contributed by atoms with E-state index in [-0.39, 0.29) is 10.6 Å². The van der Waals surface area contributed by atoms with Crippen molar-refractivity contribution >= 4 is 21.6 Å². The minimum Gasteiger partial charge on any atom is -0.320 e. The van der Waals surface area contributed by atoms with Gasteiger partial charge in [0.05, 0.1) is 11.0 Å². The SMILES string of the molecule is Cc1cc(C(N)c2ccccc2Br)cc([N+](=O)[O-])c1C. The second kappa shape index (κ2) is 5.73. The topological polar surface area (TPSA) is 69.2 Å². The van der Waals surface area contributed by atoms with E-state index in [2.05, 4.69) is 15.9 Å². The van der Waals surface area contributed by atoms with E-state index >= 15 is 0 Å². The minimum atomic E-state index is -0.399. The Morgan fingerprint density at radius 1 is 1.25 bits per heavy atom. The van der Waals surface area contributed by atoms with Crippen molar-refractivity contribution in [3.63, 3.8) is 0 Å². The normalized spacial score (nSPS) is 12.2. The van der Waals surface area contributed by atoms with Gasteiger partial charge in [0, 0.05) is 16.1 Å². The molecule has 0 saturated carbocycles. The predicted molar refractivity (Wildman–Crippen MR) is 82.7 cm³/mol. The Hall–Kier alpha value is -1.72. The summed E-state index contributed by atoms with van der Waals surface area (Å²) in [5.41, 5.74) is 9.57. The summed E-state index contributed by atoms with van der Waals surface area (Å²) < 4.78 is 0.897. The maximum atomic E-state index is 11.1. The third-order valence-electron chi connectivity index (χ3n) is 3.46. The van der Waals surface area contributed by atoms with Crippen molar-refractivity contribution in [2.75, 3.05) is 0 Å². The zero-order chi connectivity index (χ0) is 14.9. The summed E-state index contributed by atoms with van der Waals surface area (Å²) in [4.78, 5) is 10.7. The van der Waals surface area contributed by atoms with Crippen LogP contribution >= 0.6 is 15.9 Å². The largest absolute Gasteiger partial charge is 0.320 e. The Labute approximate surface area is 125 Å². The molecule has 1 atom stereocenters. The second-order valence-corrected chi connectivity index (χ2v) is 5.59. The van der Waals surface area contributed by atoms with E-state index in [1.807, 2.05) is 37.3 Å². The van der Waals surface area contributed by atoms with Crippen LogP contribution in [0.2, 0.25) is 0 Å². The summed E-state index contributed by atoms with van der Waals surface area (Å²) in [5.74, 6) is 0. The van der Waals surface area contributed by atoms with Crippen molar-refractivity contribution in [2.24, 2.45) is 5.73 Å². The van der Waals surface area contributed by atoms with E-state index in [0.717, 1.165) is 21.2 Å². The number of benzene rings is 2. The molecule has 0 aromatic heterocycles. The van der Waals surface area contributed by atoms with Crippen molar-refractivity contribution in [3.05, 3.63) is 73.2 Å². The molecule has 1 unspecified atom stereocenters. The molecule has 0 radical (unpaired) electrons. The van der Waals surface area contributed by atoms with Crippen LogP contribution in [0.5, 0.6) is 0 Å². The van der Waals surface area contributed by atoms with Crippen molar-refractivity contribution < 1.29 is 4.92 Å². The Morgan fingerprint density at radius 3 is 2.50 bits per heavy atom. The number of nitrogens with zero attached hydrogens (tertiary/aromatic N) is 1. The predicted octanol–water partition coefficient (Wildman–Crippen LogP) is 4.02. The van der Waals surface area contributed by atoms with Gasteiger partial charge in [-0.3, -0.25) is 10.1 Å². The first-order valence-corrected chi connectivity index (χ1v) is 6.96. The summed E-state index contributed by atoms with van der Waals surface area (Å²) in [5, 5.41) is 11.1. The molecule has 0 spiro atoms. The summed E-state index contributed by atoms with van der Waals surface area (Å²) in [6.45, 7) is 3.61. The zero-order valence-electron chi connectivity index (χ0n) is 11.3. The first-order valence-electron chi connectivity index (χ1n) is 6.17. The first-order chi connectivity index (χ1) is 9.41. The molecule has 2 aromatic carbocycles. The van der Waals surface area contributed by atoms with E-state index in [0.29, 0.717) is 5.56 Å². The van der Waals surface area contributed by atoms with Crippen LogP contribution in [0.3, 0.4) is 0 Å². The summed E-state index contributed by atoms with van der Waals surface area (Å²) in [6.07, 6.45) is 0. The maximum absolute atomic E-state index is 11.1. The number of hydrogen-bond donors (Lipinski definition) is 1. The van der Waals surface area contributed by atoms with Gasteiger partial charge in [-0.1, -0.05) is 40.2 Å². The van der Waals surface area contributed by atoms with Gasteiger partial charge in [0.2, 0.25) is 0 Å². The lowest BCUT2D eigenvalue weighted by Gasteiger charge is -2.16. The zero-order valence-corrected chi connectivity index (χ0v) is 12.8. The minimum absolute atomic E-state index is 0.113. The average molecular weight is 335 g/mol. The Kier molecular flexibility index (Phi) is 4.20. The molecule has 0 saturated heterocycles. The molecule has 0 bridgehead atoms. The smallest absolute Gasteiger partial charge is 0.272 e. The Balaban J connectivity index is 2.53. The van der Waals surface area contributed by atoms with E-state index in [4.69, 9.17) is 5.73 Å². The maximum Gasteiger partial charge on any atom is 0.272 e. The van der Waals surface area contributed by atoms with Gasteiger partial charge in [0.25, 0.3) is 5.69 Å². The second-order valence-electron chi connectivity index (χ2n) is 4.74. The lowest BCUT2D eigenvalue weighted by atomic mass is 9.95. The molecule has 0 aliphatic carbocycles. The number of rotatable bonds is 3. The number of nitro benzene ring substituents is 1. The van der Waals surface area contributed by atoms with E-state index in [9.17, 15) is 10.1 Å². The third-order valence-corrected chi connectivity index (χ3v) is 4.18. The van der Waals surface area contributed by atoms with Gasteiger partial charge < -0.3 is 5.73 Å². The molecule has 104 valence electrons. The number of halogens is 1. The molecule has 0 aliphatic heterocycles. The van der Waals surface area contributed by atoms with E-state index < -0.39 is 6.04 Å². The summed E-state index contributed by atoms with van der Waals surface area (Å²) in [6, 6.07) is 10.7. The van der Waals surface area contributed by atoms with Crippen LogP contribution in [-0.2, 0) is 0 Å². The van der Waals surface area contributed by atoms with Gasteiger partial charge in [-0.2, -0.15) is 0 Å². The van der Waals surface area contributed by atoms with Crippen LogP contribution < -0.4 is 5.73 Å². The molecule has 20 heavy (non-hydrogen) atoms. The molecule has 0 heterocycles. The Bertz CT molecular complexity index is 671. The fourth-order valence-corrected chi connectivity index (χ4v) is 2.68. The molecule has 4 nitrogen and oxygen atoms in total. The fraction of sp³-hybridized carbons (Fsp3) is 0.200. The standard InChI is InChI=1S/C15H15BrN2O2/c1-9-7-11(8-14(10(9)2)18(19)20)15(17)12-5-3-4-6-13(12)16/h3-8,15H,17H2,1-2H3. The highest BCUT2D eigenvalue weighted by molar-refractivity contribution is 9.10. The molecular weight excluding hydrogens is 320 g/mol. The van der Waals surface area contributed by atoms with Gasteiger partial charge in [-0.15, -0.1) is 0 Å². The lowest BCUT2D eigenvalue weighted by molar-refractivity contribution is -0.385. The third kappa shape index (κ3) is 2.73. The van der Waals surface area contributed by atoms with Gasteiger partial charge >= 0.3 is 0 Å². The van der Waals surface area contributed by atoms with Gasteiger partial charge in [0.1, 0.15) is 0 Å². The van der Waals surface area contributed by atoms with Crippen molar-refractivity contribution in [2.45, 2.75) is 19.9 Å². The van der Waals surface area contributed by atoms with Crippen LogP contribution in [0.4, 0.5) is 5.69 Å². The molecule has 0 amide bonds. The molecule has 0 aliphatic rings. The summed E-state index contributed by atoms with van der Waals surface area (Å²) in [7, 11) is 0. The van der Waals surface area contributed by atoms with Crippen molar-refractivity contribution in [3.8, 4) is 0 Å². The molecular formula is C15H15BrN2O2. The monoisotopic (exact) mass is 334 g/mol. The lowest BCUT2D eigenvalue weighted by Crippen LogP contribution is -2.13. The number of aryl methyl sites for hydroxylation is 1. The molecule has 2 rings (SSSR count). The molecule has 5 heteroatoms. The molecule has 2 aromatic rings. The fourth-order valence-electron chi connectivity index (χ4n) is 2.14. The van der Waals surface area contributed by atoms with Crippen LogP contribution in [0.15, 0.2) is 40.9 Å².